The van der Waals surface area contributed by atoms with Crippen molar-refractivity contribution in [2.45, 2.75) is 45.3 Å². The van der Waals surface area contributed by atoms with Crippen molar-refractivity contribution in [1.82, 2.24) is 19.4 Å². The molecule has 0 bridgehead atoms. The van der Waals surface area contributed by atoms with Crippen LogP contribution in [0.25, 0.3) is 0 Å². The third kappa shape index (κ3) is 4.42. The molecule has 0 aliphatic carbocycles. The molecule has 1 unspecified atom stereocenters. The summed E-state index contributed by atoms with van der Waals surface area (Å²) >= 11 is 0. The number of amides is 2. The number of aromatic nitrogens is 2. The molecule has 3 heterocycles. The summed E-state index contributed by atoms with van der Waals surface area (Å²) in [6, 6.07) is 2.85. The summed E-state index contributed by atoms with van der Waals surface area (Å²) in [5.41, 5.74) is 0. The maximum atomic E-state index is 12.5. The van der Waals surface area contributed by atoms with Crippen LogP contribution in [0, 0.1) is 0 Å². The summed E-state index contributed by atoms with van der Waals surface area (Å²) in [7, 11) is -3.17. The van der Waals surface area contributed by atoms with E-state index in [9.17, 15) is 13.2 Å². The van der Waals surface area contributed by atoms with Gasteiger partial charge in [-0.2, -0.15) is 4.31 Å². The van der Waals surface area contributed by atoms with Crippen molar-refractivity contribution in [1.29, 1.82) is 0 Å². The van der Waals surface area contributed by atoms with Crippen LogP contribution in [0.4, 0.5) is 10.6 Å². The van der Waals surface area contributed by atoms with E-state index in [2.05, 4.69) is 15.5 Å². The van der Waals surface area contributed by atoms with Gasteiger partial charge < -0.3 is 9.64 Å². The molecule has 1 aromatic rings. The molecule has 9 nitrogen and oxygen atoms in total. The summed E-state index contributed by atoms with van der Waals surface area (Å²) in [5, 5.41) is 10.6. The molecule has 144 valence electrons. The van der Waals surface area contributed by atoms with Crippen molar-refractivity contribution in [3.05, 3.63) is 12.1 Å². The van der Waals surface area contributed by atoms with E-state index in [1.54, 1.807) is 21.3 Å². The summed E-state index contributed by atoms with van der Waals surface area (Å²) < 4.78 is 31.2. The van der Waals surface area contributed by atoms with Crippen LogP contribution in [-0.4, -0.2) is 71.4 Å². The van der Waals surface area contributed by atoms with Crippen LogP contribution in [0.1, 0.15) is 33.1 Å². The van der Waals surface area contributed by atoms with E-state index in [0.29, 0.717) is 37.8 Å². The zero-order chi connectivity index (χ0) is 18.7. The van der Waals surface area contributed by atoms with Gasteiger partial charge in [-0.05, 0) is 39.2 Å². The van der Waals surface area contributed by atoms with E-state index in [1.165, 1.54) is 0 Å². The van der Waals surface area contributed by atoms with Gasteiger partial charge in [0.1, 0.15) is 0 Å². The number of hydrogen-bond donors (Lipinski definition) is 1. The molecule has 2 aliphatic rings. The van der Waals surface area contributed by atoms with Crippen LogP contribution in [0.15, 0.2) is 12.1 Å². The van der Waals surface area contributed by atoms with Crippen LogP contribution in [0.3, 0.4) is 0 Å². The van der Waals surface area contributed by atoms with Crippen molar-refractivity contribution >= 4 is 21.9 Å². The van der Waals surface area contributed by atoms with Crippen LogP contribution in [0.2, 0.25) is 0 Å². The molecule has 0 aromatic carbocycles. The molecule has 1 aromatic heterocycles. The highest BCUT2D eigenvalue weighted by Gasteiger charge is 2.37. The van der Waals surface area contributed by atoms with Gasteiger partial charge in [0.15, 0.2) is 5.82 Å². The van der Waals surface area contributed by atoms with Gasteiger partial charge in [0, 0.05) is 31.7 Å². The van der Waals surface area contributed by atoms with E-state index in [1.807, 2.05) is 13.8 Å². The Morgan fingerprint density at radius 2 is 2.08 bits per heavy atom. The van der Waals surface area contributed by atoms with Gasteiger partial charge in [-0.25, -0.2) is 13.2 Å². The summed E-state index contributed by atoms with van der Waals surface area (Å²) in [6.45, 7) is 5.33. The molecule has 1 atom stereocenters. The topological polar surface area (TPSA) is 105 Å². The largest absolute Gasteiger partial charge is 0.474 e. The average molecular weight is 383 g/mol. The summed E-state index contributed by atoms with van der Waals surface area (Å²) in [4.78, 5) is 14.1. The third-order valence-corrected chi connectivity index (χ3v) is 6.46. The van der Waals surface area contributed by atoms with Crippen molar-refractivity contribution < 1.29 is 17.9 Å². The summed E-state index contributed by atoms with van der Waals surface area (Å²) in [5.74, 6) is 0.938. The van der Waals surface area contributed by atoms with Gasteiger partial charge in [0.05, 0.1) is 11.9 Å². The number of piperidine rings is 1. The lowest BCUT2D eigenvalue weighted by Crippen LogP contribution is -2.51. The maximum Gasteiger partial charge on any atom is 0.323 e. The predicted octanol–water partition coefficient (Wildman–Crippen LogP) is 1.30. The molecule has 2 fully saturated rings. The molecule has 10 heteroatoms. The number of likely N-dealkylation sites (tertiary alicyclic amines) is 1. The van der Waals surface area contributed by atoms with E-state index < -0.39 is 10.0 Å². The lowest BCUT2D eigenvalue weighted by Gasteiger charge is -2.36. The molecule has 1 N–H and O–H groups in total. The minimum Gasteiger partial charge on any atom is -0.474 e. The minimum atomic E-state index is -3.17. The van der Waals surface area contributed by atoms with Crippen LogP contribution in [0.5, 0.6) is 5.88 Å². The second-order valence-corrected chi connectivity index (χ2v) is 8.92. The second-order valence-electron chi connectivity index (χ2n) is 6.88. The van der Waals surface area contributed by atoms with Gasteiger partial charge in [0.25, 0.3) is 0 Å². The normalized spacial score (nSPS) is 23.2. The molecular weight excluding hydrogens is 358 g/mol. The van der Waals surface area contributed by atoms with Crippen LogP contribution in [-0.2, 0) is 10.0 Å². The van der Waals surface area contributed by atoms with E-state index >= 15 is 0 Å². The Balaban J connectivity index is 1.59. The Bertz CT molecular complexity index is 738. The second kappa shape index (κ2) is 7.75. The average Bonchev–Trinajstić information content (AvgIpc) is 2.95. The summed E-state index contributed by atoms with van der Waals surface area (Å²) in [6.07, 6.45) is 2.21. The zero-order valence-corrected chi connectivity index (χ0v) is 15.9. The standard InChI is InChI=1S/C16H25N5O4S/c1-12(2)25-15-7-6-14(18-19-15)17-16(22)20-8-3-5-13(11-20)21-9-4-10-26(21,23)24/h6-7,12-13H,3-5,8-11H2,1-2H3,(H,17,18,22). The number of nitrogens with one attached hydrogen (secondary N) is 1. The fourth-order valence-corrected chi connectivity index (χ4v) is 5.08. The number of carbonyl (C=O) groups excluding carboxylic acids is 1. The lowest BCUT2D eigenvalue weighted by atomic mass is 10.1. The molecular formula is C16H25N5O4S. The van der Waals surface area contributed by atoms with Crippen molar-refractivity contribution in [2.75, 3.05) is 30.7 Å². The van der Waals surface area contributed by atoms with Crippen LogP contribution >= 0.6 is 0 Å². The Labute approximate surface area is 153 Å². The molecule has 0 spiro atoms. The Kier molecular flexibility index (Phi) is 5.61. The molecule has 3 rings (SSSR count). The molecule has 0 saturated carbocycles. The predicted molar refractivity (Wildman–Crippen MR) is 96.5 cm³/mol. The van der Waals surface area contributed by atoms with E-state index in [0.717, 1.165) is 12.8 Å². The number of ether oxygens (including phenoxy) is 1. The van der Waals surface area contributed by atoms with Crippen LogP contribution < -0.4 is 10.1 Å². The van der Waals surface area contributed by atoms with E-state index in [4.69, 9.17) is 4.74 Å². The van der Waals surface area contributed by atoms with Gasteiger partial charge in [0.2, 0.25) is 15.9 Å². The van der Waals surface area contributed by atoms with E-state index in [-0.39, 0.29) is 23.9 Å². The fourth-order valence-electron chi connectivity index (χ4n) is 3.32. The Hall–Kier alpha value is -1.94. The smallest absolute Gasteiger partial charge is 0.323 e. The fraction of sp³-hybridized carbons (Fsp3) is 0.688. The first-order valence-electron chi connectivity index (χ1n) is 8.91. The molecule has 2 saturated heterocycles. The number of anilines is 1. The third-order valence-electron chi connectivity index (χ3n) is 4.46. The number of hydrogen-bond acceptors (Lipinski definition) is 6. The first-order chi connectivity index (χ1) is 12.3. The number of nitrogens with zero attached hydrogens (tertiary/aromatic N) is 4. The minimum absolute atomic E-state index is 0.00288. The van der Waals surface area contributed by atoms with Crippen molar-refractivity contribution in [2.24, 2.45) is 0 Å². The van der Waals surface area contributed by atoms with Crippen molar-refractivity contribution in [3.63, 3.8) is 0 Å². The lowest BCUT2D eigenvalue weighted by molar-refractivity contribution is 0.163. The van der Waals surface area contributed by atoms with Crippen molar-refractivity contribution in [3.8, 4) is 5.88 Å². The van der Waals surface area contributed by atoms with Gasteiger partial charge >= 0.3 is 6.03 Å². The highest BCUT2D eigenvalue weighted by molar-refractivity contribution is 7.89. The Morgan fingerprint density at radius 1 is 1.27 bits per heavy atom. The first kappa shape index (κ1) is 18.8. The van der Waals surface area contributed by atoms with Gasteiger partial charge in [-0.15, -0.1) is 10.2 Å². The monoisotopic (exact) mass is 383 g/mol. The highest BCUT2D eigenvalue weighted by atomic mass is 32.2. The maximum absolute atomic E-state index is 12.5. The van der Waals surface area contributed by atoms with Gasteiger partial charge in [-0.3, -0.25) is 5.32 Å². The van der Waals surface area contributed by atoms with Gasteiger partial charge in [-0.1, -0.05) is 0 Å². The molecule has 26 heavy (non-hydrogen) atoms. The molecule has 2 aliphatic heterocycles. The molecule has 2 amide bonds. The number of carbonyl (C=O) groups is 1. The number of sulfonamides is 1. The molecule has 0 radical (unpaired) electrons. The Morgan fingerprint density at radius 3 is 2.69 bits per heavy atom. The highest BCUT2D eigenvalue weighted by Crippen LogP contribution is 2.24. The SMILES string of the molecule is CC(C)Oc1ccc(NC(=O)N2CCCC(N3CCCS3(=O)=O)C2)nn1. The number of urea groups is 1. The first-order valence-corrected chi connectivity index (χ1v) is 10.5. The zero-order valence-electron chi connectivity index (χ0n) is 15.1. The number of rotatable bonds is 4. The quantitative estimate of drug-likeness (QED) is 0.840.